The SMILES string of the molecule is CCCCCCCCCCCCCCCCOC(=O)c1ccccc1N=Nc1cc(C(=O)Nc2cccc3ccccc23)c(O)c2ccccc12. The standard InChI is InChI=1S/C44H51N3O4/c1-2-3-4-5-6-7-8-9-10-11-12-13-14-21-31-51-44(50)37-28-19-20-29-40(37)46-47-41-32-38(42(48)36-27-18-17-26-35(36)41)43(49)45-39-30-22-24-33-23-15-16-25-34(33)39/h15-20,22-30,32,48H,2-14,21,31H2,1H3,(H,45,49). The lowest BCUT2D eigenvalue weighted by atomic mass is 10.0. The molecular weight excluding hydrogens is 635 g/mol. The Morgan fingerprint density at radius 2 is 1.14 bits per heavy atom. The number of hydrogen-bond acceptors (Lipinski definition) is 6. The first-order chi connectivity index (χ1) is 25.1. The highest BCUT2D eigenvalue weighted by Crippen LogP contribution is 2.38. The Morgan fingerprint density at radius 3 is 1.84 bits per heavy atom. The number of anilines is 1. The van der Waals surface area contributed by atoms with Gasteiger partial charge in [-0.15, -0.1) is 10.2 Å². The molecule has 0 radical (unpaired) electrons. The van der Waals surface area contributed by atoms with Crippen molar-refractivity contribution in [2.75, 3.05) is 11.9 Å². The molecule has 1 amide bonds. The van der Waals surface area contributed by atoms with E-state index in [0.29, 0.717) is 40.0 Å². The summed E-state index contributed by atoms with van der Waals surface area (Å²) in [6.07, 6.45) is 17.8. The third-order valence-electron chi connectivity index (χ3n) is 9.40. The number of phenols is 1. The number of aromatic hydroxyl groups is 1. The molecule has 7 nitrogen and oxygen atoms in total. The third-order valence-corrected chi connectivity index (χ3v) is 9.40. The number of amides is 1. The molecule has 0 bridgehead atoms. The highest BCUT2D eigenvalue weighted by molar-refractivity contribution is 6.14. The van der Waals surface area contributed by atoms with E-state index in [1.807, 2.05) is 54.6 Å². The van der Waals surface area contributed by atoms with Crippen molar-refractivity contribution in [3.63, 3.8) is 0 Å². The van der Waals surface area contributed by atoms with Gasteiger partial charge >= 0.3 is 5.97 Å². The molecule has 5 aromatic carbocycles. The van der Waals surface area contributed by atoms with E-state index in [9.17, 15) is 14.7 Å². The number of hydrogen-bond donors (Lipinski definition) is 2. The van der Waals surface area contributed by atoms with E-state index in [4.69, 9.17) is 4.74 Å². The minimum Gasteiger partial charge on any atom is -0.506 e. The molecule has 51 heavy (non-hydrogen) atoms. The Morgan fingerprint density at radius 1 is 0.588 bits per heavy atom. The summed E-state index contributed by atoms with van der Waals surface area (Å²) in [6, 6.07) is 29.1. The quantitative estimate of drug-likeness (QED) is 0.0484. The molecule has 5 aromatic rings. The predicted molar refractivity (Wildman–Crippen MR) is 209 cm³/mol. The van der Waals surface area contributed by atoms with Gasteiger partial charge in [0.05, 0.1) is 23.4 Å². The highest BCUT2D eigenvalue weighted by atomic mass is 16.5. The van der Waals surface area contributed by atoms with Gasteiger partial charge in [0.2, 0.25) is 0 Å². The lowest BCUT2D eigenvalue weighted by Crippen LogP contribution is -2.12. The molecule has 0 heterocycles. The maximum absolute atomic E-state index is 13.6. The summed E-state index contributed by atoms with van der Waals surface area (Å²) in [5.41, 5.74) is 1.77. The van der Waals surface area contributed by atoms with Crippen LogP contribution in [0.3, 0.4) is 0 Å². The number of carbonyl (C=O) groups is 2. The average Bonchev–Trinajstić information content (AvgIpc) is 3.16. The summed E-state index contributed by atoms with van der Waals surface area (Å²) in [5.74, 6) is -1.06. The average molecular weight is 686 g/mol. The molecular formula is C44H51N3O4. The summed E-state index contributed by atoms with van der Waals surface area (Å²) >= 11 is 0. The van der Waals surface area contributed by atoms with Gasteiger partial charge in [-0.25, -0.2) is 4.79 Å². The van der Waals surface area contributed by atoms with Gasteiger partial charge in [-0.05, 0) is 36.1 Å². The van der Waals surface area contributed by atoms with Crippen LogP contribution < -0.4 is 5.32 Å². The van der Waals surface area contributed by atoms with Crippen molar-refractivity contribution < 1.29 is 19.4 Å². The van der Waals surface area contributed by atoms with Crippen LogP contribution in [0.25, 0.3) is 21.5 Å². The molecule has 5 rings (SSSR count). The number of rotatable bonds is 20. The van der Waals surface area contributed by atoms with Gasteiger partial charge in [-0.1, -0.05) is 163 Å². The second-order valence-corrected chi connectivity index (χ2v) is 13.3. The van der Waals surface area contributed by atoms with Gasteiger partial charge in [-0.2, -0.15) is 0 Å². The van der Waals surface area contributed by atoms with Gasteiger partial charge in [0, 0.05) is 21.8 Å². The van der Waals surface area contributed by atoms with Gasteiger partial charge in [0.15, 0.2) is 0 Å². The molecule has 0 aliphatic heterocycles. The van der Waals surface area contributed by atoms with Crippen LogP contribution in [-0.4, -0.2) is 23.6 Å². The van der Waals surface area contributed by atoms with Gasteiger partial charge in [-0.3, -0.25) is 4.79 Å². The van der Waals surface area contributed by atoms with E-state index in [0.717, 1.165) is 30.0 Å². The minimum atomic E-state index is -0.474. The third kappa shape index (κ3) is 10.7. The number of fused-ring (bicyclic) bond motifs is 2. The summed E-state index contributed by atoms with van der Waals surface area (Å²) in [5, 5.41) is 26.0. The van der Waals surface area contributed by atoms with Gasteiger partial charge in [0.1, 0.15) is 11.4 Å². The number of phenolic OH excluding ortho intramolecular Hbond substituents is 1. The van der Waals surface area contributed by atoms with E-state index in [2.05, 4.69) is 22.5 Å². The minimum absolute atomic E-state index is 0.0662. The van der Waals surface area contributed by atoms with E-state index < -0.39 is 11.9 Å². The maximum Gasteiger partial charge on any atom is 0.340 e. The Hall–Kier alpha value is -5.04. The van der Waals surface area contributed by atoms with Crippen LogP contribution in [0, 0.1) is 0 Å². The molecule has 0 atom stereocenters. The fourth-order valence-electron chi connectivity index (χ4n) is 6.50. The van der Waals surface area contributed by atoms with Gasteiger partial charge in [0.25, 0.3) is 5.91 Å². The molecule has 266 valence electrons. The van der Waals surface area contributed by atoms with Crippen LogP contribution in [0.1, 0.15) is 118 Å². The summed E-state index contributed by atoms with van der Waals surface area (Å²) in [4.78, 5) is 26.6. The number of ether oxygens (including phenoxy) is 1. The number of unbranched alkanes of at least 4 members (excludes halogenated alkanes) is 13. The van der Waals surface area contributed by atoms with Crippen molar-refractivity contribution in [2.45, 2.75) is 96.8 Å². The molecule has 0 saturated heterocycles. The first kappa shape index (κ1) is 37.2. The summed E-state index contributed by atoms with van der Waals surface area (Å²) < 4.78 is 5.62. The number of nitrogens with one attached hydrogen (secondary N) is 1. The first-order valence-electron chi connectivity index (χ1n) is 18.8. The zero-order chi connectivity index (χ0) is 35.7. The lowest BCUT2D eigenvalue weighted by Gasteiger charge is -2.12. The zero-order valence-corrected chi connectivity index (χ0v) is 29.9. The number of benzene rings is 5. The van der Waals surface area contributed by atoms with E-state index in [1.54, 1.807) is 36.4 Å². The van der Waals surface area contributed by atoms with Crippen LogP contribution in [0.2, 0.25) is 0 Å². The van der Waals surface area contributed by atoms with Crippen molar-refractivity contribution in [3.05, 3.63) is 108 Å². The molecule has 0 spiro atoms. The van der Waals surface area contributed by atoms with Crippen molar-refractivity contribution in [1.29, 1.82) is 0 Å². The van der Waals surface area contributed by atoms with Crippen LogP contribution in [0.4, 0.5) is 17.1 Å². The monoisotopic (exact) mass is 685 g/mol. The second kappa shape index (κ2) is 20.0. The fourth-order valence-corrected chi connectivity index (χ4v) is 6.50. The Labute approximate surface area is 302 Å². The smallest absolute Gasteiger partial charge is 0.340 e. The van der Waals surface area contributed by atoms with Crippen molar-refractivity contribution in [2.24, 2.45) is 10.2 Å². The number of carbonyl (C=O) groups excluding carboxylic acids is 2. The van der Waals surface area contributed by atoms with Crippen LogP contribution in [0.5, 0.6) is 5.75 Å². The van der Waals surface area contributed by atoms with E-state index in [-0.39, 0.29) is 11.3 Å². The largest absolute Gasteiger partial charge is 0.506 e. The molecule has 0 aromatic heterocycles. The lowest BCUT2D eigenvalue weighted by molar-refractivity contribution is 0.0498. The molecule has 0 aliphatic carbocycles. The molecule has 0 aliphatic rings. The molecule has 0 unspecified atom stereocenters. The Bertz CT molecular complexity index is 1910. The van der Waals surface area contributed by atoms with E-state index in [1.165, 1.54) is 76.7 Å². The maximum atomic E-state index is 13.6. The molecule has 0 fully saturated rings. The summed E-state index contributed by atoms with van der Waals surface area (Å²) in [6.45, 7) is 2.62. The Kier molecular flexibility index (Phi) is 14.6. The first-order valence-corrected chi connectivity index (χ1v) is 18.8. The number of azo groups is 1. The van der Waals surface area contributed by atoms with Crippen molar-refractivity contribution >= 4 is 50.5 Å². The highest BCUT2D eigenvalue weighted by Gasteiger charge is 2.19. The van der Waals surface area contributed by atoms with Crippen LogP contribution >= 0.6 is 0 Å². The Balaban J connectivity index is 1.15. The molecule has 0 saturated carbocycles. The van der Waals surface area contributed by atoms with E-state index >= 15 is 0 Å². The predicted octanol–water partition coefficient (Wildman–Crippen LogP) is 13.0. The number of esters is 1. The topological polar surface area (TPSA) is 100 Å². The zero-order valence-electron chi connectivity index (χ0n) is 29.9. The molecule has 7 heteroatoms. The van der Waals surface area contributed by atoms with Crippen LogP contribution in [0.15, 0.2) is 107 Å². The number of nitrogens with zero attached hydrogens (tertiary/aromatic N) is 2. The molecule has 2 N–H and O–H groups in total. The van der Waals surface area contributed by atoms with Crippen molar-refractivity contribution in [1.82, 2.24) is 0 Å². The summed E-state index contributed by atoms with van der Waals surface area (Å²) in [7, 11) is 0. The second-order valence-electron chi connectivity index (χ2n) is 13.3. The van der Waals surface area contributed by atoms with Crippen LogP contribution in [-0.2, 0) is 4.74 Å². The van der Waals surface area contributed by atoms with Gasteiger partial charge < -0.3 is 15.2 Å². The van der Waals surface area contributed by atoms with Crippen molar-refractivity contribution in [3.8, 4) is 5.75 Å². The fraction of sp³-hybridized carbons (Fsp3) is 0.364. The normalized spacial score (nSPS) is 11.4.